The molecule has 5 rings (SSSR count). The Morgan fingerprint density at radius 3 is 2.49 bits per heavy atom. The third kappa shape index (κ3) is 6.25. The van der Waals surface area contributed by atoms with Crippen LogP contribution >= 0.6 is 0 Å². The van der Waals surface area contributed by atoms with Gasteiger partial charge in [-0.1, -0.05) is 0 Å². The molecule has 1 N–H and O–H groups in total. The van der Waals surface area contributed by atoms with Gasteiger partial charge in [-0.15, -0.1) is 0 Å². The minimum Gasteiger partial charge on any atom is -0.378 e. The average molecular weight is 577 g/mol. The Labute approximate surface area is 233 Å². The third-order valence-electron chi connectivity index (χ3n) is 7.38. The minimum absolute atomic E-state index is 0.0401. The van der Waals surface area contributed by atoms with Crippen molar-refractivity contribution in [1.82, 2.24) is 14.9 Å². The van der Waals surface area contributed by atoms with Crippen molar-refractivity contribution >= 4 is 23.2 Å². The molecule has 41 heavy (non-hydrogen) atoms. The van der Waals surface area contributed by atoms with Gasteiger partial charge in [0.1, 0.15) is 11.6 Å². The number of halogens is 5. The molecule has 3 heterocycles. The van der Waals surface area contributed by atoms with Gasteiger partial charge in [0.2, 0.25) is 5.95 Å². The van der Waals surface area contributed by atoms with E-state index in [1.165, 1.54) is 24.4 Å². The maximum Gasteiger partial charge on any atom is 0.417 e. The highest BCUT2D eigenvalue weighted by Crippen LogP contribution is 2.37. The Morgan fingerprint density at radius 2 is 1.78 bits per heavy atom. The zero-order valence-corrected chi connectivity index (χ0v) is 22.5. The lowest BCUT2D eigenvalue weighted by Crippen LogP contribution is -2.50. The number of benzene rings is 2. The number of hydrogen-bond donors (Lipinski definition) is 1. The second-order valence-electron chi connectivity index (χ2n) is 10.1. The molecule has 2 saturated heterocycles. The molecule has 1 aromatic heterocycles. The molecule has 8 nitrogen and oxygen atoms in total. The van der Waals surface area contributed by atoms with E-state index in [0.29, 0.717) is 57.6 Å². The summed E-state index contributed by atoms with van der Waals surface area (Å²) in [5.41, 5.74) is -1.45. The number of likely N-dealkylation sites (N-methyl/N-ethyl adjacent to an activating group) is 1. The van der Waals surface area contributed by atoms with Crippen molar-refractivity contribution in [1.29, 1.82) is 0 Å². The summed E-state index contributed by atoms with van der Waals surface area (Å²) in [6.45, 7) is 5.78. The van der Waals surface area contributed by atoms with Crippen LogP contribution < -0.4 is 15.1 Å². The Kier molecular flexibility index (Phi) is 8.09. The van der Waals surface area contributed by atoms with Crippen molar-refractivity contribution in [2.75, 3.05) is 68.1 Å². The van der Waals surface area contributed by atoms with Crippen molar-refractivity contribution in [2.24, 2.45) is 0 Å². The smallest absolute Gasteiger partial charge is 0.378 e. The number of carbonyl (C=O) groups excluding carboxylic acids is 1. The van der Waals surface area contributed by atoms with Gasteiger partial charge in [-0.25, -0.2) is 18.7 Å². The van der Waals surface area contributed by atoms with E-state index in [-0.39, 0.29) is 29.1 Å². The molecule has 13 heteroatoms. The van der Waals surface area contributed by atoms with Crippen LogP contribution in [0, 0.1) is 11.6 Å². The van der Waals surface area contributed by atoms with Crippen LogP contribution in [0.4, 0.5) is 39.3 Å². The number of hydrogen-bond acceptors (Lipinski definition) is 7. The van der Waals surface area contributed by atoms with Gasteiger partial charge >= 0.3 is 6.18 Å². The quantitative estimate of drug-likeness (QED) is 0.443. The summed E-state index contributed by atoms with van der Waals surface area (Å²) in [4.78, 5) is 28.0. The summed E-state index contributed by atoms with van der Waals surface area (Å²) < 4.78 is 75.8. The minimum atomic E-state index is -4.96. The summed E-state index contributed by atoms with van der Waals surface area (Å²) in [5.74, 6) is -2.46. The van der Waals surface area contributed by atoms with Crippen LogP contribution in [0.15, 0.2) is 42.6 Å². The van der Waals surface area contributed by atoms with Gasteiger partial charge in [0.15, 0.2) is 0 Å². The van der Waals surface area contributed by atoms with Crippen LogP contribution in [0.2, 0.25) is 0 Å². The van der Waals surface area contributed by atoms with E-state index in [1.54, 1.807) is 0 Å². The first kappa shape index (κ1) is 28.7. The number of nitrogens with one attached hydrogen (secondary N) is 1. The summed E-state index contributed by atoms with van der Waals surface area (Å²) in [6, 6.07) is 6.10. The van der Waals surface area contributed by atoms with Gasteiger partial charge in [0, 0.05) is 50.5 Å². The maximum absolute atomic E-state index is 15.7. The molecule has 2 aliphatic heterocycles. The maximum atomic E-state index is 15.7. The number of rotatable bonds is 5. The number of anilines is 3. The van der Waals surface area contributed by atoms with Gasteiger partial charge in [-0.05, 0) is 50.4 Å². The first-order valence-corrected chi connectivity index (χ1v) is 13.1. The summed E-state index contributed by atoms with van der Waals surface area (Å²) in [6.07, 6.45) is -3.47. The molecule has 2 aliphatic rings. The molecule has 2 fully saturated rings. The van der Waals surface area contributed by atoms with Gasteiger partial charge in [-0.3, -0.25) is 4.79 Å². The molecule has 3 aromatic rings. The standard InChI is InChI=1S/C28H29F5N6O2/c1-17-16-39(8-7-37(17)2)25-15-22(30)20(23-5-6-34-27(36-23)38-9-11-41-12-10-38)14-24(25)35-26(40)19-4-3-18(29)13-21(19)28(31,32)33/h3-6,13-15,17H,7-12,16H2,1-2H3,(H,35,40). The second-order valence-corrected chi connectivity index (χ2v) is 10.1. The number of amides is 1. The molecule has 2 aromatic carbocycles. The summed E-state index contributed by atoms with van der Waals surface area (Å²) in [5, 5.41) is 2.54. The Balaban J connectivity index is 1.56. The van der Waals surface area contributed by atoms with E-state index >= 15 is 4.39 Å². The average Bonchev–Trinajstić information content (AvgIpc) is 2.95. The van der Waals surface area contributed by atoms with Crippen LogP contribution in [0.1, 0.15) is 22.8 Å². The van der Waals surface area contributed by atoms with E-state index in [0.717, 1.165) is 12.1 Å². The molecule has 218 valence electrons. The van der Waals surface area contributed by atoms with Crippen LogP contribution in [-0.2, 0) is 10.9 Å². The fourth-order valence-corrected chi connectivity index (χ4v) is 4.94. The Hall–Kier alpha value is -3.84. The number of morpholine rings is 1. The van der Waals surface area contributed by atoms with Gasteiger partial charge in [0.05, 0.1) is 41.4 Å². The van der Waals surface area contributed by atoms with Crippen molar-refractivity contribution in [3.05, 3.63) is 65.4 Å². The van der Waals surface area contributed by atoms with Crippen molar-refractivity contribution in [2.45, 2.75) is 19.1 Å². The highest BCUT2D eigenvalue weighted by atomic mass is 19.4. The van der Waals surface area contributed by atoms with E-state index < -0.39 is 34.8 Å². The van der Waals surface area contributed by atoms with Crippen molar-refractivity contribution in [3.63, 3.8) is 0 Å². The molecule has 1 unspecified atom stereocenters. The number of ether oxygens (including phenoxy) is 1. The lowest BCUT2D eigenvalue weighted by molar-refractivity contribution is -0.138. The summed E-state index contributed by atoms with van der Waals surface area (Å²) in [7, 11) is 1.96. The Morgan fingerprint density at radius 1 is 1.02 bits per heavy atom. The van der Waals surface area contributed by atoms with Gasteiger partial charge in [-0.2, -0.15) is 13.2 Å². The van der Waals surface area contributed by atoms with E-state index in [9.17, 15) is 22.4 Å². The summed E-state index contributed by atoms with van der Waals surface area (Å²) >= 11 is 0. The fourth-order valence-electron chi connectivity index (χ4n) is 4.94. The fraction of sp³-hybridized carbons (Fsp3) is 0.393. The van der Waals surface area contributed by atoms with Crippen molar-refractivity contribution < 1.29 is 31.5 Å². The lowest BCUT2D eigenvalue weighted by atomic mass is 10.0. The van der Waals surface area contributed by atoms with Crippen molar-refractivity contribution in [3.8, 4) is 11.3 Å². The number of carbonyl (C=O) groups is 1. The first-order chi connectivity index (χ1) is 19.5. The highest BCUT2D eigenvalue weighted by molar-refractivity contribution is 6.07. The molecule has 0 aliphatic carbocycles. The molecular formula is C28H29F5N6O2. The molecular weight excluding hydrogens is 547 g/mol. The lowest BCUT2D eigenvalue weighted by Gasteiger charge is -2.39. The van der Waals surface area contributed by atoms with E-state index in [4.69, 9.17) is 4.74 Å². The van der Waals surface area contributed by atoms with Gasteiger partial charge < -0.3 is 24.8 Å². The monoisotopic (exact) mass is 576 g/mol. The normalized spacial score (nSPS) is 18.5. The van der Waals surface area contributed by atoms with E-state index in [2.05, 4.69) is 20.2 Å². The SMILES string of the molecule is CC1CN(c2cc(F)c(-c3ccnc(N4CCOCC4)n3)cc2NC(=O)c2ccc(F)cc2C(F)(F)F)CCN1C. The number of alkyl halides is 3. The molecule has 0 radical (unpaired) electrons. The predicted octanol–water partition coefficient (Wildman–Crippen LogP) is 4.67. The Bertz CT molecular complexity index is 1430. The van der Waals surface area contributed by atoms with Crippen LogP contribution in [-0.4, -0.2) is 79.8 Å². The number of aromatic nitrogens is 2. The number of piperazine rings is 1. The topological polar surface area (TPSA) is 73.8 Å². The zero-order chi connectivity index (χ0) is 29.3. The molecule has 1 atom stereocenters. The second kappa shape index (κ2) is 11.6. The zero-order valence-electron chi connectivity index (χ0n) is 22.5. The third-order valence-corrected chi connectivity index (χ3v) is 7.38. The van der Waals surface area contributed by atoms with Crippen LogP contribution in [0.25, 0.3) is 11.3 Å². The first-order valence-electron chi connectivity index (χ1n) is 13.1. The van der Waals surface area contributed by atoms with E-state index in [1.807, 2.05) is 23.8 Å². The van der Waals surface area contributed by atoms with Crippen LogP contribution in [0.3, 0.4) is 0 Å². The van der Waals surface area contributed by atoms with Gasteiger partial charge in [0.25, 0.3) is 5.91 Å². The largest absolute Gasteiger partial charge is 0.417 e. The predicted molar refractivity (Wildman–Crippen MR) is 144 cm³/mol. The molecule has 0 saturated carbocycles. The van der Waals surface area contributed by atoms with Crippen LogP contribution in [0.5, 0.6) is 0 Å². The molecule has 0 spiro atoms. The molecule has 0 bridgehead atoms. The highest BCUT2D eigenvalue weighted by Gasteiger charge is 2.36. The molecule has 1 amide bonds. The number of nitrogens with zero attached hydrogens (tertiary/aromatic N) is 5.